The molecule has 5 rings (SSSR count). The van der Waals surface area contributed by atoms with Crippen LogP contribution in [0.25, 0.3) is 0 Å². The lowest BCUT2D eigenvalue weighted by Gasteiger charge is -2.60. The molecule has 4 nitrogen and oxygen atoms in total. The molecule has 4 bridgehead atoms. The molecule has 5 aliphatic rings. The fourth-order valence-corrected chi connectivity index (χ4v) is 8.54. The van der Waals surface area contributed by atoms with Crippen LogP contribution in [0.4, 0.5) is 0 Å². The Balaban J connectivity index is 1.32. The van der Waals surface area contributed by atoms with Gasteiger partial charge in [0.15, 0.2) is 6.61 Å². The van der Waals surface area contributed by atoms with Gasteiger partial charge in [-0.05, 0) is 88.9 Å². The number of hydrogen-bond acceptors (Lipinski definition) is 3. The van der Waals surface area contributed by atoms with E-state index in [-0.39, 0.29) is 40.3 Å². The van der Waals surface area contributed by atoms with Gasteiger partial charge in [0, 0.05) is 16.4 Å². The van der Waals surface area contributed by atoms with Gasteiger partial charge >= 0.3 is 5.97 Å². The Morgan fingerprint density at radius 1 is 1.08 bits per heavy atom. The number of piperidine rings is 1. The highest BCUT2D eigenvalue weighted by molar-refractivity contribution is 9.10. The molecule has 0 aromatic rings. The summed E-state index contributed by atoms with van der Waals surface area (Å²) in [5, 5.41) is 0. The highest BCUT2D eigenvalue weighted by Crippen LogP contribution is 2.65. The third-order valence-electron chi connectivity index (χ3n) is 7.47. The quantitative estimate of drug-likeness (QED) is 0.493. The predicted octanol–water partition coefficient (Wildman–Crippen LogP) is 4.44. The van der Waals surface area contributed by atoms with Crippen LogP contribution in [0.2, 0.25) is 0 Å². The minimum atomic E-state index is -0.172. The Labute approximate surface area is 165 Å². The van der Waals surface area contributed by atoms with Crippen LogP contribution in [-0.2, 0) is 14.3 Å². The molecule has 1 amide bonds. The van der Waals surface area contributed by atoms with Gasteiger partial charge in [-0.25, -0.2) is 0 Å². The zero-order valence-electron chi connectivity index (χ0n) is 16.1. The van der Waals surface area contributed by atoms with E-state index >= 15 is 0 Å². The lowest BCUT2D eigenvalue weighted by molar-refractivity contribution is -0.159. The fourth-order valence-electron chi connectivity index (χ4n) is 7.03. The van der Waals surface area contributed by atoms with Crippen molar-refractivity contribution in [2.45, 2.75) is 94.5 Å². The van der Waals surface area contributed by atoms with Gasteiger partial charge in [-0.15, -0.1) is 0 Å². The van der Waals surface area contributed by atoms with Crippen molar-refractivity contribution in [3.8, 4) is 0 Å². The molecule has 26 heavy (non-hydrogen) atoms. The first-order valence-corrected chi connectivity index (χ1v) is 11.2. The monoisotopic (exact) mass is 425 g/mol. The van der Waals surface area contributed by atoms with E-state index in [9.17, 15) is 9.59 Å². The summed E-state index contributed by atoms with van der Waals surface area (Å²) in [5.41, 5.74) is 0.111. The van der Waals surface area contributed by atoms with Crippen molar-refractivity contribution in [3.63, 3.8) is 0 Å². The summed E-state index contributed by atoms with van der Waals surface area (Å²) in [5.74, 6) is 1.33. The van der Waals surface area contributed by atoms with Crippen molar-refractivity contribution in [3.05, 3.63) is 0 Å². The number of alkyl halides is 1. The van der Waals surface area contributed by atoms with Gasteiger partial charge in [0.2, 0.25) is 0 Å². The molecule has 146 valence electrons. The number of halogens is 1. The third-order valence-corrected chi connectivity index (χ3v) is 8.40. The summed E-state index contributed by atoms with van der Waals surface area (Å²) in [6.45, 7) is 4.11. The van der Waals surface area contributed by atoms with Crippen LogP contribution in [-0.4, -0.2) is 39.8 Å². The second kappa shape index (κ2) is 6.79. The summed E-state index contributed by atoms with van der Waals surface area (Å²) >= 11 is 4.00. The summed E-state index contributed by atoms with van der Waals surface area (Å²) in [7, 11) is 0. The molecule has 0 spiro atoms. The van der Waals surface area contributed by atoms with Gasteiger partial charge in [-0.3, -0.25) is 9.59 Å². The van der Waals surface area contributed by atoms with Gasteiger partial charge in [0.25, 0.3) is 5.91 Å². The van der Waals surface area contributed by atoms with Crippen LogP contribution < -0.4 is 0 Å². The minimum absolute atomic E-state index is 0.0273. The number of hydrogen-bond donors (Lipinski definition) is 0. The standard InChI is InChI=1S/C21H32BrNO3/c1-14-4-3-5-15(2)23(14)18(24)12-26-19(25)11-20-7-16-6-17(8-20)10-21(22,9-16)13-20/h14-17H,3-13H2,1-2H3/t14-,15+,16-,17-,20?,21?/m1/s1. The van der Waals surface area contributed by atoms with Crippen molar-refractivity contribution >= 4 is 27.8 Å². The maximum atomic E-state index is 12.6. The van der Waals surface area contributed by atoms with Gasteiger partial charge in [0.1, 0.15) is 0 Å². The summed E-state index contributed by atoms with van der Waals surface area (Å²) in [4.78, 5) is 27.1. The van der Waals surface area contributed by atoms with Gasteiger partial charge in [-0.2, -0.15) is 0 Å². The Hall–Kier alpha value is -0.580. The van der Waals surface area contributed by atoms with Gasteiger partial charge in [-0.1, -0.05) is 15.9 Å². The molecule has 0 radical (unpaired) electrons. The number of ether oxygens (including phenoxy) is 1. The molecule has 0 aromatic heterocycles. The SMILES string of the molecule is C[C@@H]1CCC[C@H](C)N1C(=O)COC(=O)CC12C[C@H]3C[C@@H](CC(Br)(C3)C1)C2. The molecule has 0 aromatic carbocycles. The molecule has 5 fully saturated rings. The fraction of sp³-hybridized carbons (Fsp3) is 0.905. The summed E-state index contributed by atoms with van der Waals surface area (Å²) in [6.07, 6.45) is 11.1. The lowest BCUT2D eigenvalue weighted by Crippen LogP contribution is -2.53. The second-order valence-corrected chi connectivity index (χ2v) is 11.6. The Bertz CT molecular complexity index is 568. The van der Waals surface area contributed by atoms with E-state index in [0.717, 1.165) is 31.1 Å². The molecular weight excluding hydrogens is 394 g/mol. The van der Waals surface area contributed by atoms with Crippen LogP contribution >= 0.6 is 15.9 Å². The predicted molar refractivity (Wildman–Crippen MR) is 104 cm³/mol. The maximum absolute atomic E-state index is 12.6. The molecule has 1 saturated heterocycles. The van der Waals surface area contributed by atoms with Crippen LogP contribution in [0, 0.1) is 17.3 Å². The van der Waals surface area contributed by atoms with E-state index in [4.69, 9.17) is 4.74 Å². The van der Waals surface area contributed by atoms with Crippen LogP contribution in [0.5, 0.6) is 0 Å². The van der Waals surface area contributed by atoms with Crippen molar-refractivity contribution in [2.75, 3.05) is 6.61 Å². The lowest BCUT2D eigenvalue weighted by atomic mass is 9.49. The van der Waals surface area contributed by atoms with Crippen LogP contribution in [0.1, 0.15) is 78.1 Å². The molecular formula is C21H32BrNO3. The number of esters is 1. The molecule has 4 atom stereocenters. The molecule has 1 heterocycles. The second-order valence-electron chi connectivity index (χ2n) is 9.88. The van der Waals surface area contributed by atoms with Crippen LogP contribution in [0.15, 0.2) is 0 Å². The average Bonchev–Trinajstić information content (AvgIpc) is 2.49. The number of carbonyl (C=O) groups excluding carboxylic acids is 2. The average molecular weight is 426 g/mol. The number of nitrogens with zero attached hydrogens (tertiary/aromatic N) is 1. The van der Waals surface area contributed by atoms with E-state index in [1.54, 1.807) is 0 Å². The first-order valence-electron chi connectivity index (χ1n) is 10.4. The molecule has 4 aliphatic carbocycles. The molecule has 0 unspecified atom stereocenters. The number of amides is 1. The number of likely N-dealkylation sites (tertiary alicyclic amines) is 1. The number of carbonyl (C=O) groups is 2. The Morgan fingerprint density at radius 2 is 1.69 bits per heavy atom. The zero-order chi connectivity index (χ0) is 18.5. The minimum Gasteiger partial charge on any atom is -0.456 e. The topological polar surface area (TPSA) is 46.6 Å². The molecule has 1 aliphatic heterocycles. The van der Waals surface area contributed by atoms with Gasteiger partial charge < -0.3 is 9.64 Å². The van der Waals surface area contributed by atoms with E-state index in [2.05, 4.69) is 29.8 Å². The smallest absolute Gasteiger partial charge is 0.306 e. The summed E-state index contributed by atoms with van der Waals surface area (Å²) < 4.78 is 5.74. The summed E-state index contributed by atoms with van der Waals surface area (Å²) in [6, 6.07) is 0.503. The highest BCUT2D eigenvalue weighted by Gasteiger charge is 2.57. The third kappa shape index (κ3) is 3.57. The van der Waals surface area contributed by atoms with E-state index < -0.39 is 0 Å². The largest absolute Gasteiger partial charge is 0.456 e. The Morgan fingerprint density at radius 3 is 2.27 bits per heavy atom. The van der Waals surface area contributed by atoms with E-state index in [0.29, 0.717) is 6.42 Å². The van der Waals surface area contributed by atoms with Crippen molar-refractivity contribution in [1.82, 2.24) is 4.90 Å². The van der Waals surface area contributed by atoms with Gasteiger partial charge in [0.05, 0.1) is 6.42 Å². The molecule has 5 heteroatoms. The Kier molecular flexibility index (Phi) is 4.90. The van der Waals surface area contributed by atoms with Crippen molar-refractivity contribution in [2.24, 2.45) is 17.3 Å². The van der Waals surface area contributed by atoms with Crippen molar-refractivity contribution < 1.29 is 14.3 Å². The maximum Gasteiger partial charge on any atom is 0.306 e. The molecule has 4 saturated carbocycles. The first kappa shape index (κ1) is 18.8. The zero-order valence-corrected chi connectivity index (χ0v) is 17.7. The number of rotatable bonds is 4. The molecule has 0 N–H and O–H groups in total. The first-order chi connectivity index (χ1) is 12.3. The van der Waals surface area contributed by atoms with Crippen molar-refractivity contribution in [1.29, 1.82) is 0 Å². The highest BCUT2D eigenvalue weighted by atomic mass is 79.9. The van der Waals surface area contributed by atoms with Crippen LogP contribution in [0.3, 0.4) is 0 Å². The van der Waals surface area contributed by atoms with E-state index in [1.165, 1.54) is 38.5 Å². The normalized spacial score (nSPS) is 44.2. The van der Waals surface area contributed by atoms with E-state index in [1.807, 2.05) is 4.90 Å².